The number of aromatic nitrogens is 2. The van der Waals surface area contributed by atoms with Gasteiger partial charge in [0.2, 0.25) is 11.8 Å². The Morgan fingerprint density at radius 2 is 2.08 bits per heavy atom. The molecule has 212 valence electrons. The van der Waals surface area contributed by atoms with Crippen LogP contribution in [0, 0.1) is 0 Å². The molecule has 3 atom stereocenters. The van der Waals surface area contributed by atoms with E-state index in [1.54, 1.807) is 4.90 Å². The Balaban J connectivity index is 1.39. The first-order valence-electron chi connectivity index (χ1n) is 14.4. The smallest absolute Gasteiger partial charge is 0.318 e. The fourth-order valence-electron chi connectivity index (χ4n) is 6.92. The highest BCUT2D eigenvalue weighted by Gasteiger charge is 2.48. The van der Waals surface area contributed by atoms with Crippen LogP contribution in [0.5, 0.6) is 6.01 Å². The monoisotopic (exact) mass is 546 g/mol. The molecule has 0 bridgehead atoms. The van der Waals surface area contributed by atoms with Crippen LogP contribution >= 0.6 is 0 Å². The summed E-state index contributed by atoms with van der Waals surface area (Å²) in [6, 6.07) is 8.42. The number of likely N-dealkylation sites (N-methyl/N-ethyl adjacent to an activating group) is 1. The van der Waals surface area contributed by atoms with Gasteiger partial charge < -0.3 is 29.9 Å². The van der Waals surface area contributed by atoms with Crippen LogP contribution in [0.15, 0.2) is 36.9 Å². The number of aryl methyl sites for hydroxylation is 1. The highest BCUT2D eigenvalue weighted by atomic mass is 16.5. The lowest BCUT2D eigenvalue weighted by Gasteiger charge is -2.44. The first-order valence-corrected chi connectivity index (χ1v) is 14.4. The predicted molar refractivity (Wildman–Crippen MR) is 152 cm³/mol. The number of hydrogen-bond donors (Lipinski definition) is 2. The number of carbonyl (C=O) groups is 2. The highest BCUT2D eigenvalue weighted by Crippen LogP contribution is 2.46. The molecule has 1 aromatic heterocycles. The van der Waals surface area contributed by atoms with E-state index in [1.807, 2.05) is 17.0 Å². The van der Waals surface area contributed by atoms with Crippen LogP contribution in [0.4, 0.5) is 11.5 Å². The van der Waals surface area contributed by atoms with Gasteiger partial charge in [0.05, 0.1) is 23.8 Å². The minimum Gasteiger partial charge on any atom is -0.462 e. The van der Waals surface area contributed by atoms with Gasteiger partial charge in [-0.3, -0.25) is 9.59 Å². The molecule has 6 rings (SSSR count). The van der Waals surface area contributed by atoms with E-state index < -0.39 is 11.5 Å². The molecule has 10 heteroatoms. The maximum absolute atomic E-state index is 13.9. The molecule has 2 fully saturated rings. The topological polar surface area (TPSA) is 111 Å². The molecule has 4 heterocycles. The Bertz CT molecular complexity index is 1320. The van der Waals surface area contributed by atoms with Gasteiger partial charge in [-0.1, -0.05) is 30.8 Å². The summed E-state index contributed by atoms with van der Waals surface area (Å²) in [4.78, 5) is 41.9. The van der Waals surface area contributed by atoms with E-state index in [9.17, 15) is 14.7 Å². The summed E-state index contributed by atoms with van der Waals surface area (Å²) < 4.78 is 6.23. The number of fused-ring (bicyclic) bond motifs is 3. The van der Waals surface area contributed by atoms with Gasteiger partial charge in [0.1, 0.15) is 12.3 Å². The molecule has 1 spiro atoms. The second-order valence-corrected chi connectivity index (χ2v) is 11.5. The molecule has 0 radical (unpaired) electrons. The van der Waals surface area contributed by atoms with Gasteiger partial charge in [-0.15, -0.1) is 0 Å². The van der Waals surface area contributed by atoms with Crippen molar-refractivity contribution in [2.24, 2.45) is 0 Å². The summed E-state index contributed by atoms with van der Waals surface area (Å²) in [6.45, 7) is 6.19. The molecule has 3 aliphatic heterocycles. The number of carbonyl (C=O) groups excluding carboxylic acids is 2. The van der Waals surface area contributed by atoms with E-state index in [2.05, 4.69) is 36.0 Å². The summed E-state index contributed by atoms with van der Waals surface area (Å²) in [7, 11) is 2.11. The fraction of sp³-hybridized carbons (Fsp3) is 0.533. The Morgan fingerprint density at radius 1 is 1.23 bits per heavy atom. The second-order valence-electron chi connectivity index (χ2n) is 11.5. The Labute approximate surface area is 235 Å². The van der Waals surface area contributed by atoms with Crippen LogP contribution in [-0.2, 0) is 27.8 Å². The second kappa shape index (κ2) is 10.8. The number of hydrogen-bond acceptors (Lipinski definition) is 8. The molecule has 4 aliphatic rings. The van der Waals surface area contributed by atoms with Crippen molar-refractivity contribution in [2.75, 3.05) is 56.7 Å². The quantitative estimate of drug-likeness (QED) is 0.529. The molecule has 2 amide bonds. The average molecular weight is 547 g/mol. The number of aliphatic hydroxyl groups excluding tert-OH is 1. The molecular weight excluding hydrogens is 508 g/mol. The molecule has 2 saturated heterocycles. The van der Waals surface area contributed by atoms with Crippen LogP contribution in [-0.4, -0.2) is 95.2 Å². The van der Waals surface area contributed by atoms with E-state index in [4.69, 9.17) is 14.7 Å². The summed E-state index contributed by atoms with van der Waals surface area (Å²) >= 11 is 0. The first-order chi connectivity index (χ1) is 19.4. The first kappa shape index (κ1) is 26.7. The number of benzene rings is 1. The lowest BCUT2D eigenvalue weighted by atomic mass is 9.65. The van der Waals surface area contributed by atoms with Crippen molar-refractivity contribution >= 4 is 23.3 Å². The predicted octanol–water partition coefficient (Wildman–Crippen LogP) is 1.91. The maximum Gasteiger partial charge on any atom is 0.318 e. The highest BCUT2D eigenvalue weighted by molar-refractivity contribution is 6.04. The zero-order chi connectivity index (χ0) is 27.9. The number of piperazine rings is 1. The van der Waals surface area contributed by atoms with Gasteiger partial charge in [-0.2, -0.15) is 9.97 Å². The number of anilines is 2. The van der Waals surface area contributed by atoms with Crippen molar-refractivity contribution in [2.45, 2.75) is 56.0 Å². The number of aliphatic hydroxyl groups is 1. The lowest BCUT2D eigenvalue weighted by molar-refractivity contribution is -0.127. The Morgan fingerprint density at radius 3 is 2.85 bits per heavy atom. The third-order valence-electron chi connectivity index (χ3n) is 9.20. The van der Waals surface area contributed by atoms with Crippen molar-refractivity contribution in [3.63, 3.8) is 0 Å². The molecule has 2 N–H and O–H groups in total. The van der Waals surface area contributed by atoms with Crippen molar-refractivity contribution in [3.05, 3.63) is 53.7 Å². The minimum absolute atomic E-state index is 0.0423. The normalized spacial score (nSPS) is 26.3. The van der Waals surface area contributed by atoms with Gasteiger partial charge in [-0.05, 0) is 62.9 Å². The van der Waals surface area contributed by atoms with Crippen molar-refractivity contribution in [1.82, 2.24) is 19.8 Å². The minimum atomic E-state index is -0.693. The third kappa shape index (κ3) is 4.62. The number of nitrogens with one attached hydrogen (secondary N) is 1. The summed E-state index contributed by atoms with van der Waals surface area (Å²) in [5.41, 5.74) is 2.92. The van der Waals surface area contributed by atoms with Crippen LogP contribution in [0.1, 0.15) is 42.5 Å². The van der Waals surface area contributed by atoms with E-state index in [1.165, 1.54) is 11.6 Å². The standard InChI is InChI=1S/C30H38N6O4/c1-3-25(38)35-14-15-36(22(17-35)18-37)27-26-24(31-29(33-27)40-19-21-10-7-13-34(21)2)16-30(28(39)32-26)12-6-9-20-8-4-5-11-23(20)30/h3-5,8,11,21-22,37H,1,6-7,9-10,12-19H2,2H3,(H,32,39)/t21-,22+,30?/m0/s1. The van der Waals surface area contributed by atoms with E-state index >= 15 is 0 Å². The van der Waals surface area contributed by atoms with Gasteiger partial charge >= 0.3 is 6.01 Å². The molecule has 40 heavy (non-hydrogen) atoms. The molecular formula is C30H38N6O4. The van der Waals surface area contributed by atoms with Crippen LogP contribution in [0.3, 0.4) is 0 Å². The van der Waals surface area contributed by atoms with Gasteiger partial charge in [0.15, 0.2) is 5.82 Å². The Hall–Kier alpha value is -3.50. The van der Waals surface area contributed by atoms with Gasteiger partial charge in [0, 0.05) is 32.1 Å². The number of ether oxygens (including phenoxy) is 1. The number of rotatable bonds is 6. The fourth-order valence-corrected chi connectivity index (χ4v) is 6.92. The Kier molecular flexibility index (Phi) is 7.22. The molecule has 2 aromatic rings. The maximum atomic E-state index is 13.9. The molecule has 0 saturated carbocycles. The average Bonchev–Trinajstić information content (AvgIpc) is 3.40. The van der Waals surface area contributed by atoms with Gasteiger partial charge in [0.25, 0.3) is 0 Å². The summed E-state index contributed by atoms with van der Waals surface area (Å²) in [5.74, 6) is 0.329. The number of amides is 2. The van der Waals surface area contributed by atoms with Crippen LogP contribution in [0.25, 0.3) is 0 Å². The SMILES string of the molecule is C=CC(=O)N1CCN(c2nc(OC[C@@H]3CCCN3C)nc3c2NC(=O)C2(CCCc4ccccc42)C3)[C@@H](CO)C1. The zero-order valence-electron chi connectivity index (χ0n) is 23.1. The molecule has 1 aliphatic carbocycles. The largest absolute Gasteiger partial charge is 0.462 e. The zero-order valence-corrected chi connectivity index (χ0v) is 23.1. The number of nitrogens with zero attached hydrogens (tertiary/aromatic N) is 5. The number of likely N-dealkylation sites (tertiary alicyclic amines) is 1. The summed E-state index contributed by atoms with van der Waals surface area (Å²) in [6.07, 6.45) is 6.60. The molecule has 10 nitrogen and oxygen atoms in total. The van der Waals surface area contributed by atoms with Crippen molar-refractivity contribution in [1.29, 1.82) is 0 Å². The van der Waals surface area contributed by atoms with Crippen LogP contribution in [0.2, 0.25) is 0 Å². The van der Waals surface area contributed by atoms with Crippen molar-refractivity contribution < 1.29 is 19.4 Å². The van der Waals surface area contributed by atoms with Gasteiger partial charge in [-0.25, -0.2) is 0 Å². The van der Waals surface area contributed by atoms with E-state index in [-0.39, 0.29) is 24.4 Å². The summed E-state index contributed by atoms with van der Waals surface area (Å²) in [5, 5.41) is 13.5. The van der Waals surface area contributed by atoms with E-state index in [0.29, 0.717) is 50.2 Å². The van der Waals surface area contributed by atoms with E-state index in [0.717, 1.165) is 49.9 Å². The molecule has 1 aromatic carbocycles. The van der Waals surface area contributed by atoms with Crippen molar-refractivity contribution in [3.8, 4) is 6.01 Å². The van der Waals surface area contributed by atoms with Crippen LogP contribution < -0.4 is 15.0 Å². The molecule has 1 unspecified atom stereocenters. The third-order valence-corrected chi connectivity index (χ3v) is 9.20. The lowest BCUT2D eigenvalue weighted by Crippen LogP contribution is -2.57.